The molecule has 0 aliphatic heterocycles. The number of allylic oxidation sites excluding steroid dienone is 5. The average molecular weight is 280 g/mol. The third kappa shape index (κ3) is 1.90. The van der Waals surface area contributed by atoms with Gasteiger partial charge >= 0.3 is 0 Å². The Hall–Kier alpha value is -2.09. The van der Waals surface area contributed by atoms with Crippen LogP contribution in [-0.2, 0) is 9.53 Å². The van der Waals surface area contributed by atoms with Crippen molar-refractivity contribution in [2.24, 2.45) is 5.41 Å². The normalized spacial score (nSPS) is 25.1. The van der Waals surface area contributed by atoms with Crippen molar-refractivity contribution in [2.75, 3.05) is 7.11 Å². The lowest BCUT2D eigenvalue weighted by molar-refractivity contribution is -0.116. The SMILES string of the molecule is COC1=C2C(C)=CC(=O)CC2(C)C(c2ccccc2)=C1C. The Morgan fingerprint density at radius 2 is 1.76 bits per heavy atom. The summed E-state index contributed by atoms with van der Waals surface area (Å²) >= 11 is 0. The van der Waals surface area contributed by atoms with Crippen LogP contribution >= 0.6 is 0 Å². The zero-order chi connectivity index (χ0) is 15.2. The fraction of sp³-hybridized carbons (Fsp3) is 0.316. The molecule has 2 aliphatic carbocycles. The van der Waals surface area contributed by atoms with Crippen LogP contribution in [-0.4, -0.2) is 12.9 Å². The van der Waals surface area contributed by atoms with Crippen LogP contribution in [0.4, 0.5) is 0 Å². The van der Waals surface area contributed by atoms with E-state index in [9.17, 15) is 4.79 Å². The molecule has 0 saturated carbocycles. The number of benzene rings is 1. The molecule has 0 saturated heterocycles. The van der Waals surface area contributed by atoms with E-state index in [0.29, 0.717) is 6.42 Å². The summed E-state index contributed by atoms with van der Waals surface area (Å²) in [6.07, 6.45) is 2.26. The molecule has 0 aromatic heterocycles. The van der Waals surface area contributed by atoms with Gasteiger partial charge in [-0.3, -0.25) is 4.79 Å². The van der Waals surface area contributed by atoms with Gasteiger partial charge in [-0.05, 0) is 42.2 Å². The Labute approximate surface area is 125 Å². The van der Waals surface area contributed by atoms with Gasteiger partial charge in [0, 0.05) is 17.4 Å². The molecule has 3 rings (SSSR count). The molecule has 2 heteroatoms. The number of ketones is 1. The van der Waals surface area contributed by atoms with Crippen molar-refractivity contribution in [3.05, 3.63) is 64.4 Å². The van der Waals surface area contributed by atoms with Crippen molar-refractivity contribution < 1.29 is 9.53 Å². The van der Waals surface area contributed by atoms with Gasteiger partial charge in [0.15, 0.2) is 5.78 Å². The van der Waals surface area contributed by atoms with E-state index in [2.05, 4.69) is 26.0 Å². The van der Waals surface area contributed by atoms with E-state index >= 15 is 0 Å². The molecule has 0 N–H and O–H groups in total. The summed E-state index contributed by atoms with van der Waals surface area (Å²) in [5, 5.41) is 0. The number of ether oxygens (including phenoxy) is 1. The third-order valence-electron chi connectivity index (χ3n) is 4.61. The van der Waals surface area contributed by atoms with Crippen molar-refractivity contribution >= 4 is 11.4 Å². The van der Waals surface area contributed by atoms with Crippen molar-refractivity contribution in [1.82, 2.24) is 0 Å². The van der Waals surface area contributed by atoms with Crippen molar-refractivity contribution in [2.45, 2.75) is 27.2 Å². The maximum Gasteiger partial charge on any atom is 0.157 e. The summed E-state index contributed by atoms with van der Waals surface area (Å²) in [5.41, 5.74) is 5.44. The lowest BCUT2D eigenvalue weighted by Crippen LogP contribution is -2.27. The highest BCUT2D eigenvalue weighted by molar-refractivity contribution is 5.99. The Balaban J connectivity index is 2.27. The van der Waals surface area contributed by atoms with Gasteiger partial charge in [-0.2, -0.15) is 0 Å². The van der Waals surface area contributed by atoms with E-state index in [1.165, 1.54) is 16.7 Å². The number of rotatable bonds is 2. The highest BCUT2D eigenvalue weighted by Gasteiger charge is 2.47. The molecule has 0 radical (unpaired) electrons. The lowest BCUT2D eigenvalue weighted by atomic mass is 9.67. The van der Waals surface area contributed by atoms with E-state index in [1.807, 2.05) is 25.1 Å². The number of carbonyl (C=O) groups is 1. The molecule has 0 amide bonds. The molecule has 21 heavy (non-hydrogen) atoms. The molecular weight excluding hydrogens is 260 g/mol. The van der Waals surface area contributed by atoms with Crippen LogP contribution in [0.5, 0.6) is 0 Å². The van der Waals surface area contributed by atoms with Crippen LogP contribution < -0.4 is 0 Å². The number of hydrogen-bond acceptors (Lipinski definition) is 2. The van der Waals surface area contributed by atoms with Crippen LogP contribution in [0.15, 0.2) is 58.9 Å². The highest BCUT2D eigenvalue weighted by Crippen LogP contribution is 2.57. The third-order valence-corrected chi connectivity index (χ3v) is 4.61. The zero-order valence-corrected chi connectivity index (χ0v) is 13.0. The monoisotopic (exact) mass is 280 g/mol. The Morgan fingerprint density at radius 3 is 2.38 bits per heavy atom. The first-order chi connectivity index (χ1) is 9.99. The lowest BCUT2D eigenvalue weighted by Gasteiger charge is -2.34. The largest absolute Gasteiger partial charge is 0.496 e. The number of methoxy groups -OCH3 is 1. The summed E-state index contributed by atoms with van der Waals surface area (Å²) < 4.78 is 5.69. The molecule has 1 atom stereocenters. The summed E-state index contributed by atoms with van der Waals surface area (Å²) in [6, 6.07) is 10.3. The molecule has 108 valence electrons. The summed E-state index contributed by atoms with van der Waals surface area (Å²) in [7, 11) is 1.71. The van der Waals surface area contributed by atoms with Crippen molar-refractivity contribution in [1.29, 1.82) is 0 Å². The summed E-state index contributed by atoms with van der Waals surface area (Å²) in [4.78, 5) is 12.1. The maximum atomic E-state index is 12.1. The molecule has 1 aromatic rings. The smallest absolute Gasteiger partial charge is 0.157 e. The Morgan fingerprint density at radius 1 is 1.10 bits per heavy atom. The molecule has 2 aliphatic rings. The van der Waals surface area contributed by atoms with E-state index in [-0.39, 0.29) is 11.2 Å². The fourth-order valence-corrected chi connectivity index (χ4v) is 3.99. The fourth-order valence-electron chi connectivity index (χ4n) is 3.99. The minimum absolute atomic E-state index is 0.192. The van der Waals surface area contributed by atoms with Gasteiger partial charge in [0.05, 0.1) is 7.11 Å². The molecule has 0 bridgehead atoms. The number of carbonyl (C=O) groups excluding carboxylic acids is 1. The predicted octanol–water partition coefficient (Wildman–Crippen LogP) is 4.30. The van der Waals surface area contributed by atoms with Gasteiger partial charge in [0.1, 0.15) is 5.76 Å². The van der Waals surface area contributed by atoms with Gasteiger partial charge < -0.3 is 4.74 Å². The second-order valence-electron chi connectivity index (χ2n) is 6.08. The summed E-state index contributed by atoms with van der Waals surface area (Å²) in [5.74, 6) is 1.12. The molecule has 1 unspecified atom stereocenters. The van der Waals surface area contributed by atoms with E-state index in [0.717, 1.165) is 16.9 Å². The van der Waals surface area contributed by atoms with E-state index < -0.39 is 0 Å². The van der Waals surface area contributed by atoms with Gasteiger partial charge in [0.2, 0.25) is 0 Å². The standard InChI is InChI=1S/C19H20O2/c1-12-10-15(20)11-19(3)16(12)18(21-4)13(2)17(19)14-8-6-5-7-9-14/h5-10H,11H2,1-4H3. The van der Waals surface area contributed by atoms with Gasteiger partial charge in [0.25, 0.3) is 0 Å². The minimum Gasteiger partial charge on any atom is -0.496 e. The zero-order valence-electron chi connectivity index (χ0n) is 13.0. The van der Waals surface area contributed by atoms with Crippen molar-refractivity contribution in [3.63, 3.8) is 0 Å². The Bertz CT molecular complexity index is 704. The van der Waals surface area contributed by atoms with Crippen LogP contribution in [0.1, 0.15) is 32.8 Å². The first-order valence-electron chi connectivity index (χ1n) is 7.26. The summed E-state index contributed by atoms with van der Waals surface area (Å²) in [6.45, 7) is 6.26. The van der Waals surface area contributed by atoms with Gasteiger partial charge in [-0.25, -0.2) is 0 Å². The average Bonchev–Trinajstić information content (AvgIpc) is 2.66. The molecule has 0 heterocycles. The topological polar surface area (TPSA) is 26.3 Å². The van der Waals surface area contributed by atoms with Gasteiger partial charge in [-0.1, -0.05) is 37.3 Å². The Kier molecular flexibility index (Phi) is 3.12. The second kappa shape index (κ2) is 4.73. The maximum absolute atomic E-state index is 12.1. The first-order valence-corrected chi connectivity index (χ1v) is 7.26. The van der Waals surface area contributed by atoms with Gasteiger partial charge in [-0.15, -0.1) is 0 Å². The molecule has 0 spiro atoms. The van der Waals surface area contributed by atoms with Crippen LogP contribution in [0.25, 0.3) is 5.57 Å². The highest BCUT2D eigenvalue weighted by atomic mass is 16.5. The van der Waals surface area contributed by atoms with Crippen LogP contribution in [0.2, 0.25) is 0 Å². The molecular formula is C19H20O2. The van der Waals surface area contributed by atoms with Crippen LogP contribution in [0, 0.1) is 5.41 Å². The number of hydrogen-bond donors (Lipinski definition) is 0. The number of fused-ring (bicyclic) bond motifs is 1. The van der Waals surface area contributed by atoms with E-state index in [1.54, 1.807) is 13.2 Å². The van der Waals surface area contributed by atoms with Crippen LogP contribution in [0.3, 0.4) is 0 Å². The predicted molar refractivity (Wildman–Crippen MR) is 84.6 cm³/mol. The molecule has 1 aromatic carbocycles. The molecule has 0 fully saturated rings. The minimum atomic E-state index is -0.285. The van der Waals surface area contributed by atoms with E-state index in [4.69, 9.17) is 4.74 Å². The quantitative estimate of drug-likeness (QED) is 0.807. The first kappa shape index (κ1) is 13.9. The van der Waals surface area contributed by atoms with Crippen molar-refractivity contribution in [3.8, 4) is 0 Å². The second-order valence-corrected chi connectivity index (χ2v) is 6.08. The molecule has 2 nitrogen and oxygen atoms in total.